The maximum atomic E-state index is 5.75. The minimum absolute atomic E-state index is 0.393. The Morgan fingerprint density at radius 1 is 1.12 bits per heavy atom. The lowest BCUT2D eigenvalue weighted by molar-refractivity contribution is 0.306. The second-order valence-electron chi connectivity index (χ2n) is 6.57. The van der Waals surface area contributed by atoms with Gasteiger partial charge in [-0.15, -0.1) is 0 Å². The van der Waals surface area contributed by atoms with E-state index in [1.807, 2.05) is 0 Å². The monoisotopic (exact) mass is 341 g/mol. The summed E-state index contributed by atoms with van der Waals surface area (Å²) in [7, 11) is 2.13. The van der Waals surface area contributed by atoms with Crippen molar-refractivity contribution in [2.45, 2.75) is 38.1 Å². The van der Waals surface area contributed by atoms with Gasteiger partial charge in [-0.3, -0.25) is 0 Å². The van der Waals surface area contributed by atoms with Gasteiger partial charge in [0.05, 0.1) is 6.04 Å². The van der Waals surface area contributed by atoms with Crippen LogP contribution >= 0.6 is 12.2 Å². The van der Waals surface area contributed by atoms with E-state index in [1.165, 1.54) is 36.9 Å². The van der Waals surface area contributed by atoms with E-state index in [1.54, 1.807) is 0 Å². The number of benzene rings is 1. The van der Waals surface area contributed by atoms with E-state index in [0.29, 0.717) is 6.04 Å². The molecule has 0 radical (unpaired) electrons. The zero-order chi connectivity index (χ0) is 16.8. The molecular formula is C20H27N3S. The van der Waals surface area contributed by atoms with Crippen molar-refractivity contribution in [2.75, 3.05) is 13.1 Å². The highest BCUT2D eigenvalue weighted by Crippen LogP contribution is 2.30. The second kappa shape index (κ2) is 8.34. The molecule has 24 heavy (non-hydrogen) atoms. The van der Waals surface area contributed by atoms with Crippen LogP contribution in [0.4, 0.5) is 0 Å². The van der Waals surface area contributed by atoms with E-state index < -0.39 is 0 Å². The molecule has 4 heteroatoms. The summed E-state index contributed by atoms with van der Waals surface area (Å²) in [4.78, 5) is 2.41. The van der Waals surface area contributed by atoms with Gasteiger partial charge in [0, 0.05) is 32.0 Å². The molecule has 0 saturated carbocycles. The third-order valence-electron chi connectivity index (χ3n) is 4.87. The van der Waals surface area contributed by atoms with E-state index in [0.717, 1.165) is 24.6 Å². The lowest BCUT2D eigenvalue weighted by Crippen LogP contribution is -2.43. The summed E-state index contributed by atoms with van der Waals surface area (Å²) < 4.78 is 2.23. The van der Waals surface area contributed by atoms with Gasteiger partial charge in [0.1, 0.15) is 0 Å². The maximum Gasteiger partial charge on any atom is 0.169 e. The Morgan fingerprint density at radius 3 is 2.71 bits per heavy atom. The number of nitrogens with one attached hydrogen (secondary N) is 1. The van der Waals surface area contributed by atoms with Crippen LogP contribution in [0, 0.1) is 0 Å². The van der Waals surface area contributed by atoms with E-state index in [2.05, 4.69) is 70.5 Å². The molecule has 1 N–H and O–H groups in total. The lowest BCUT2D eigenvalue weighted by atomic mass is 10.1. The predicted octanol–water partition coefficient (Wildman–Crippen LogP) is 4.06. The van der Waals surface area contributed by atoms with Crippen molar-refractivity contribution in [3.05, 3.63) is 59.9 Å². The van der Waals surface area contributed by atoms with Gasteiger partial charge in [-0.05, 0) is 49.2 Å². The first-order valence-electron chi connectivity index (χ1n) is 8.95. The van der Waals surface area contributed by atoms with Gasteiger partial charge in [0.15, 0.2) is 5.11 Å². The largest absolute Gasteiger partial charge is 0.362 e. The summed E-state index contributed by atoms with van der Waals surface area (Å²) in [5.74, 6) is 0. The van der Waals surface area contributed by atoms with Crippen LogP contribution in [0.5, 0.6) is 0 Å². The Hall–Kier alpha value is -1.81. The van der Waals surface area contributed by atoms with Crippen molar-refractivity contribution in [1.82, 2.24) is 14.8 Å². The zero-order valence-corrected chi connectivity index (χ0v) is 15.3. The zero-order valence-electron chi connectivity index (χ0n) is 14.4. The predicted molar refractivity (Wildman–Crippen MR) is 104 cm³/mol. The Labute approximate surface area is 150 Å². The van der Waals surface area contributed by atoms with Gasteiger partial charge in [0.2, 0.25) is 0 Å². The lowest BCUT2D eigenvalue weighted by Gasteiger charge is -2.33. The fraction of sp³-hybridized carbons (Fsp3) is 0.450. The fourth-order valence-electron chi connectivity index (χ4n) is 3.54. The summed E-state index contributed by atoms with van der Waals surface area (Å²) in [6.07, 6.45) is 8.11. The number of hydrogen-bond donors (Lipinski definition) is 1. The highest BCUT2D eigenvalue weighted by molar-refractivity contribution is 7.80. The Morgan fingerprint density at radius 2 is 1.96 bits per heavy atom. The number of nitrogens with zero attached hydrogens (tertiary/aromatic N) is 2. The molecule has 1 saturated heterocycles. The molecule has 1 fully saturated rings. The van der Waals surface area contributed by atoms with Crippen LogP contribution in [0.3, 0.4) is 0 Å². The number of aryl methyl sites for hydroxylation is 1. The fourth-order valence-corrected chi connectivity index (χ4v) is 3.86. The average Bonchev–Trinajstić information content (AvgIpc) is 2.88. The van der Waals surface area contributed by atoms with Crippen LogP contribution in [0.25, 0.3) is 0 Å². The van der Waals surface area contributed by atoms with E-state index >= 15 is 0 Å². The molecule has 3 rings (SSSR count). The van der Waals surface area contributed by atoms with Crippen LogP contribution in [0.1, 0.15) is 43.0 Å². The van der Waals surface area contributed by atoms with Crippen molar-refractivity contribution in [3.8, 4) is 0 Å². The topological polar surface area (TPSA) is 20.2 Å². The first-order valence-corrected chi connectivity index (χ1v) is 9.36. The van der Waals surface area contributed by atoms with Crippen LogP contribution in [-0.2, 0) is 13.5 Å². The van der Waals surface area contributed by atoms with Crippen molar-refractivity contribution in [1.29, 1.82) is 0 Å². The van der Waals surface area contributed by atoms with Gasteiger partial charge < -0.3 is 14.8 Å². The first-order chi connectivity index (χ1) is 11.8. The van der Waals surface area contributed by atoms with Crippen molar-refractivity contribution < 1.29 is 0 Å². The molecule has 0 amide bonds. The Kier molecular flexibility index (Phi) is 5.91. The summed E-state index contributed by atoms with van der Waals surface area (Å²) in [5.41, 5.74) is 2.71. The molecule has 128 valence electrons. The summed E-state index contributed by atoms with van der Waals surface area (Å²) >= 11 is 5.75. The summed E-state index contributed by atoms with van der Waals surface area (Å²) in [6.45, 7) is 1.94. The molecular weight excluding hydrogens is 314 g/mol. The molecule has 1 aliphatic rings. The molecule has 0 aliphatic carbocycles. The van der Waals surface area contributed by atoms with E-state index in [4.69, 9.17) is 12.2 Å². The molecule has 1 aliphatic heterocycles. The van der Waals surface area contributed by atoms with Crippen molar-refractivity contribution in [2.24, 2.45) is 7.05 Å². The molecule has 3 nitrogen and oxygen atoms in total. The SMILES string of the molecule is Cn1cccc1[C@H]1CCCCCN1C(=S)NCCc1ccccc1. The Bertz CT molecular complexity index is 650. The minimum atomic E-state index is 0.393. The molecule has 1 atom stereocenters. The third kappa shape index (κ3) is 4.18. The Balaban J connectivity index is 1.63. The highest BCUT2D eigenvalue weighted by atomic mass is 32.1. The van der Waals surface area contributed by atoms with Crippen LogP contribution < -0.4 is 5.32 Å². The normalized spacial score (nSPS) is 18.2. The molecule has 2 heterocycles. The molecule has 1 aromatic carbocycles. The van der Waals surface area contributed by atoms with Gasteiger partial charge in [-0.2, -0.15) is 0 Å². The molecule has 1 aromatic heterocycles. The highest BCUT2D eigenvalue weighted by Gasteiger charge is 2.26. The van der Waals surface area contributed by atoms with Gasteiger partial charge in [-0.25, -0.2) is 0 Å². The molecule has 0 bridgehead atoms. The number of thiocarbonyl (C=S) groups is 1. The van der Waals surface area contributed by atoms with Gasteiger partial charge in [-0.1, -0.05) is 43.2 Å². The minimum Gasteiger partial charge on any atom is -0.362 e. The number of rotatable bonds is 4. The number of hydrogen-bond acceptors (Lipinski definition) is 1. The summed E-state index contributed by atoms with van der Waals surface area (Å²) in [6, 6.07) is 15.3. The van der Waals surface area contributed by atoms with Crippen molar-refractivity contribution >= 4 is 17.3 Å². The van der Waals surface area contributed by atoms with Gasteiger partial charge >= 0.3 is 0 Å². The molecule has 2 aromatic rings. The van der Waals surface area contributed by atoms with Crippen molar-refractivity contribution in [3.63, 3.8) is 0 Å². The second-order valence-corrected chi connectivity index (χ2v) is 6.96. The first kappa shape index (κ1) is 17.0. The average molecular weight is 342 g/mol. The van der Waals surface area contributed by atoms with Gasteiger partial charge in [0.25, 0.3) is 0 Å². The standard InChI is InChI=1S/C20H27N3S/c1-22-15-8-12-18(22)19-11-6-3-7-16-23(19)20(24)21-14-13-17-9-4-2-5-10-17/h2,4-5,8-10,12,15,19H,3,6-7,11,13-14,16H2,1H3,(H,21,24)/t19-/m1/s1. The van der Waals surface area contributed by atoms with E-state index in [9.17, 15) is 0 Å². The van der Waals surface area contributed by atoms with Crippen LogP contribution in [0.15, 0.2) is 48.7 Å². The maximum absolute atomic E-state index is 5.75. The smallest absolute Gasteiger partial charge is 0.169 e. The number of aromatic nitrogens is 1. The third-order valence-corrected chi connectivity index (χ3v) is 5.25. The van der Waals surface area contributed by atoms with Crippen LogP contribution in [0.2, 0.25) is 0 Å². The number of likely N-dealkylation sites (tertiary alicyclic amines) is 1. The quantitative estimate of drug-likeness (QED) is 0.847. The van der Waals surface area contributed by atoms with Crippen LogP contribution in [-0.4, -0.2) is 27.7 Å². The molecule has 0 spiro atoms. The van der Waals surface area contributed by atoms with E-state index in [-0.39, 0.29) is 0 Å². The summed E-state index contributed by atoms with van der Waals surface area (Å²) in [5, 5.41) is 4.39. The molecule has 0 unspecified atom stereocenters.